The number of benzene rings is 1. The number of aromatic nitrogens is 2. The summed E-state index contributed by atoms with van der Waals surface area (Å²) >= 11 is 0. The molecule has 0 aliphatic carbocycles. The van der Waals surface area contributed by atoms with Crippen molar-refractivity contribution in [3.8, 4) is 0 Å². The molecule has 2 heteroatoms. The number of hydrogen-bond acceptors (Lipinski definition) is 0. The Kier molecular flexibility index (Phi) is 12.5. The molecule has 0 amide bonds. The summed E-state index contributed by atoms with van der Waals surface area (Å²) in [7, 11) is 0. The van der Waals surface area contributed by atoms with E-state index in [1.165, 1.54) is 108 Å². The van der Waals surface area contributed by atoms with Gasteiger partial charge < -0.3 is 0 Å². The van der Waals surface area contributed by atoms with Crippen LogP contribution in [0.2, 0.25) is 0 Å². The van der Waals surface area contributed by atoms with E-state index < -0.39 is 0 Å². The molecule has 0 spiro atoms. The van der Waals surface area contributed by atoms with Crippen molar-refractivity contribution in [3.05, 3.63) is 54.1 Å². The van der Waals surface area contributed by atoms with E-state index >= 15 is 0 Å². The van der Waals surface area contributed by atoms with Crippen LogP contribution in [0.4, 0.5) is 0 Å². The third kappa shape index (κ3) is 9.65. The van der Waals surface area contributed by atoms with Gasteiger partial charge in [0.1, 0.15) is 18.9 Å². The molecule has 0 aliphatic heterocycles. The largest absolute Gasteiger partial charge is 0.256 e. The van der Waals surface area contributed by atoms with E-state index in [2.05, 4.69) is 65.7 Å². The molecule has 0 saturated carbocycles. The van der Waals surface area contributed by atoms with Gasteiger partial charge in [-0.05, 0) is 24.8 Å². The normalized spacial score (nSPS) is 11.2. The van der Waals surface area contributed by atoms with Crippen LogP contribution in [0.25, 0.3) is 0 Å². The molecule has 0 bridgehead atoms. The number of rotatable bonds is 17. The summed E-state index contributed by atoms with van der Waals surface area (Å²) in [4.78, 5) is 0. The molecule has 1 aromatic carbocycles. The van der Waals surface area contributed by atoms with Crippen LogP contribution in [-0.4, -0.2) is 4.57 Å². The molecule has 2 rings (SSSR count). The molecule has 0 N–H and O–H groups in total. The first-order valence-electron chi connectivity index (χ1n) is 12.5. The van der Waals surface area contributed by atoms with Crippen molar-refractivity contribution in [2.45, 2.75) is 117 Å². The molecule has 2 nitrogen and oxygen atoms in total. The van der Waals surface area contributed by atoms with Gasteiger partial charge in [0, 0.05) is 6.42 Å². The highest BCUT2D eigenvalue weighted by atomic mass is 15.1. The van der Waals surface area contributed by atoms with Crippen LogP contribution in [0.3, 0.4) is 0 Å². The lowest BCUT2D eigenvalue weighted by molar-refractivity contribution is -0.704. The fraction of sp³-hybridized carbons (Fsp3) is 0.667. The van der Waals surface area contributed by atoms with Gasteiger partial charge in [0.15, 0.2) is 0 Å². The Bertz CT molecular complexity index is 629. The summed E-state index contributed by atoms with van der Waals surface area (Å²) < 4.78 is 5.00. The van der Waals surface area contributed by atoms with Crippen LogP contribution < -0.4 is 4.57 Å². The van der Waals surface area contributed by atoms with Gasteiger partial charge in [0.2, 0.25) is 0 Å². The Labute approximate surface area is 180 Å². The predicted octanol–water partition coefficient (Wildman–Crippen LogP) is 7.48. The molecule has 0 radical (unpaired) electrons. The van der Waals surface area contributed by atoms with Crippen molar-refractivity contribution < 1.29 is 4.57 Å². The zero-order valence-electron chi connectivity index (χ0n) is 19.2. The van der Waals surface area contributed by atoms with Gasteiger partial charge in [0.25, 0.3) is 5.82 Å². The first-order chi connectivity index (χ1) is 14.3. The number of aryl methyl sites for hydroxylation is 1. The third-order valence-corrected chi connectivity index (χ3v) is 6.04. The molecule has 0 fully saturated rings. The van der Waals surface area contributed by atoms with Crippen LogP contribution in [-0.2, 0) is 19.5 Å². The van der Waals surface area contributed by atoms with E-state index in [0.29, 0.717) is 0 Å². The Morgan fingerprint density at radius 2 is 1.28 bits per heavy atom. The zero-order valence-corrected chi connectivity index (χ0v) is 19.2. The van der Waals surface area contributed by atoms with Gasteiger partial charge >= 0.3 is 0 Å². The second kappa shape index (κ2) is 15.3. The summed E-state index contributed by atoms with van der Waals surface area (Å²) in [5.41, 5.74) is 1.40. The van der Waals surface area contributed by atoms with Gasteiger partial charge in [-0.25, -0.2) is 9.13 Å². The minimum atomic E-state index is 0.995. The van der Waals surface area contributed by atoms with Crippen molar-refractivity contribution in [3.63, 3.8) is 0 Å². The average molecular weight is 398 g/mol. The highest BCUT2D eigenvalue weighted by Crippen LogP contribution is 2.13. The van der Waals surface area contributed by atoms with Crippen LogP contribution in [0.5, 0.6) is 0 Å². The lowest BCUT2D eigenvalue weighted by atomic mass is 10.1. The molecule has 1 heterocycles. The summed E-state index contributed by atoms with van der Waals surface area (Å²) in [6, 6.07) is 10.9. The number of imidazole rings is 1. The van der Waals surface area contributed by atoms with E-state index in [1.807, 2.05) is 0 Å². The summed E-state index contributed by atoms with van der Waals surface area (Å²) in [6.45, 7) is 6.75. The SMILES string of the molecule is CCCCCCCCCCCCc1n(Cc2ccccc2)cc[n+]1CCCCC. The summed E-state index contributed by atoms with van der Waals surface area (Å²) in [6.07, 6.45) is 23.8. The van der Waals surface area contributed by atoms with Crippen molar-refractivity contribution >= 4 is 0 Å². The fourth-order valence-electron chi connectivity index (χ4n) is 4.22. The Balaban J connectivity index is 1.77. The standard InChI is InChI=1S/C27H45N2/c1-3-5-7-8-9-10-11-12-13-17-21-27-28(22-18-6-4-2)23-24-29(27)25-26-19-15-14-16-20-26/h14-16,19-20,23-24H,3-13,17-18,21-22,25H2,1-2H3/q+1. The molecular weight excluding hydrogens is 352 g/mol. The highest BCUT2D eigenvalue weighted by Gasteiger charge is 2.16. The van der Waals surface area contributed by atoms with Crippen molar-refractivity contribution in [1.29, 1.82) is 0 Å². The van der Waals surface area contributed by atoms with Crippen molar-refractivity contribution in [1.82, 2.24) is 4.57 Å². The third-order valence-electron chi connectivity index (χ3n) is 6.04. The minimum absolute atomic E-state index is 0.995. The number of unbranched alkanes of at least 4 members (excludes halogenated alkanes) is 11. The van der Waals surface area contributed by atoms with Crippen LogP contribution in [0.15, 0.2) is 42.7 Å². The van der Waals surface area contributed by atoms with Gasteiger partial charge in [-0.3, -0.25) is 0 Å². The molecule has 29 heavy (non-hydrogen) atoms. The van der Waals surface area contributed by atoms with Gasteiger partial charge in [-0.15, -0.1) is 0 Å². The van der Waals surface area contributed by atoms with Crippen LogP contribution >= 0.6 is 0 Å². The van der Waals surface area contributed by atoms with E-state index in [1.54, 1.807) is 0 Å². The van der Waals surface area contributed by atoms with E-state index in [4.69, 9.17) is 0 Å². The maximum absolute atomic E-state index is 2.52. The van der Waals surface area contributed by atoms with Crippen LogP contribution in [0.1, 0.15) is 109 Å². The smallest absolute Gasteiger partial charge is 0.234 e. The number of hydrogen-bond donors (Lipinski definition) is 0. The minimum Gasteiger partial charge on any atom is -0.234 e. The fourth-order valence-corrected chi connectivity index (χ4v) is 4.22. The Morgan fingerprint density at radius 1 is 0.690 bits per heavy atom. The first-order valence-corrected chi connectivity index (χ1v) is 12.5. The monoisotopic (exact) mass is 397 g/mol. The van der Waals surface area contributed by atoms with E-state index in [-0.39, 0.29) is 0 Å². The molecule has 0 atom stereocenters. The number of nitrogens with zero attached hydrogens (tertiary/aromatic N) is 2. The van der Waals surface area contributed by atoms with Crippen molar-refractivity contribution in [2.24, 2.45) is 0 Å². The Morgan fingerprint density at radius 3 is 1.93 bits per heavy atom. The molecule has 0 unspecified atom stereocenters. The summed E-state index contributed by atoms with van der Waals surface area (Å²) in [5, 5.41) is 0. The molecule has 1 aromatic heterocycles. The predicted molar refractivity (Wildman–Crippen MR) is 125 cm³/mol. The second-order valence-electron chi connectivity index (χ2n) is 8.66. The maximum atomic E-state index is 2.52. The lowest BCUT2D eigenvalue weighted by Crippen LogP contribution is -2.37. The van der Waals surface area contributed by atoms with Gasteiger partial charge in [0.05, 0.1) is 6.54 Å². The van der Waals surface area contributed by atoms with Crippen molar-refractivity contribution in [2.75, 3.05) is 0 Å². The topological polar surface area (TPSA) is 8.81 Å². The second-order valence-corrected chi connectivity index (χ2v) is 8.66. The molecule has 162 valence electrons. The molecule has 0 aliphatic rings. The highest BCUT2D eigenvalue weighted by molar-refractivity contribution is 5.15. The maximum Gasteiger partial charge on any atom is 0.256 e. The quantitative estimate of drug-likeness (QED) is 0.193. The van der Waals surface area contributed by atoms with Gasteiger partial charge in [-0.2, -0.15) is 0 Å². The van der Waals surface area contributed by atoms with E-state index in [0.717, 1.165) is 6.54 Å². The van der Waals surface area contributed by atoms with Crippen LogP contribution in [0, 0.1) is 0 Å². The summed E-state index contributed by atoms with van der Waals surface area (Å²) in [5.74, 6) is 1.52. The van der Waals surface area contributed by atoms with Gasteiger partial charge in [-0.1, -0.05) is 108 Å². The zero-order chi connectivity index (χ0) is 20.6. The average Bonchev–Trinajstić information content (AvgIpc) is 3.12. The molecule has 0 saturated heterocycles. The Hall–Kier alpha value is -1.57. The van der Waals surface area contributed by atoms with E-state index in [9.17, 15) is 0 Å². The molecular formula is C27H45N2+. The molecule has 2 aromatic rings. The first kappa shape index (κ1) is 23.7. The lowest BCUT2D eigenvalue weighted by Gasteiger charge is -2.06.